The van der Waals surface area contributed by atoms with E-state index < -0.39 is 0 Å². The van der Waals surface area contributed by atoms with Crippen molar-refractivity contribution in [3.63, 3.8) is 0 Å². The number of allylic oxidation sites excluding steroid dienone is 1. The van der Waals surface area contributed by atoms with Crippen molar-refractivity contribution in [1.82, 2.24) is 0 Å². The Bertz CT molecular complexity index is 283. The van der Waals surface area contributed by atoms with Crippen molar-refractivity contribution in [3.05, 3.63) is 12.2 Å². The van der Waals surface area contributed by atoms with Crippen LogP contribution in [0.25, 0.3) is 0 Å². The van der Waals surface area contributed by atoms with Gasteiger partial charge in [0.05, 0.1) is 6.10 Å². The molecule has 0 amide bonds. The molecule has 2 fully saturated rings. The van der Waals surface area contributed by atoms with Crippen molar-refractivity contribution < 1.29 is 5.11 Å². The Balaban J connectivity index is 2.16. The van der Waals surface area contributed by atoms with E-state index in [1.807, 2.05) is 0 Å². The van der Waals surface area contributed by atoms with Crippen LogP contribution in [-0.2, 0) is 0 Å². The number of fused-ring (bicyclic) bond motifs is 1. The lowest BCUT2D eigenvalue weighted by Gasteiger charge is -2.53. The van der Waals surface area contributed by atoms with Gasteiger partial charge in [-0.3, -0.25) is 0 Å². The maximum absolute atomic E-state index is 9.89. The molecule has 0 aliphatic heterocycles. The van der Waals surface area contributed by atoms with Crippen LogP contribution in [0.1, 0.15) is 52.9 Å². The van der Waals surface area contributed by atoms with Gasteiger partial charge in [0.2, 0.25) is 0 Å². The van der Waals surface area contributed by atoms with Crippen LogP contribution in [0.2, 0.25) is 0 Å². The summed E-state index contributed by atoms with van der Waals surface area (Å²) in [5.74, 6) is 2.11. The average molecular weight is 222 g/mol. The molecule has 2 aliphatic carbocycles. The molecule has 0 aromatic heterocycles. The topological polar surface area (TPSA) is 20.2 Å². The van der Waals surface area contributed by atoms with Gasteiger partial charge in [-0.1, -0.05) is 26.0 Å². The summed E-state index contributed by atoms with van der Waals surface area (Å²) in [5, 5.41) is 9.89. The summed E-state index contributed by atoms with van der Waals surface area (Å²) in [6, 6.07) is 0. The van der Waals surface area contributed by atoms with Crippen molar-refractivity contribution in [2.24, 2.45) is 23.2 Å². The Morgan fingerprint density at radius 3 is 2.62 bits per heavy atom. The normalized spacial score (nSPS) is 48.5. The molecule has 92 valence electrons. The zero-order valence-electron chi connectivity index (χ0n) is 11.0. The molecule has 0 heterocycles. The van der Waals surface area contributed by atoms with Gasteiger partial charge in [0.25, 0.3) is 0 Å². The first-order chi connectivity index (χ1) is 7.43. The minimum atomic E-state index is -0.0468. The number of rotatable bonds is 1. The average Bonchev–Trinajstić information content (AvgIpc) is 2.19. The second-order valence-corrected chi connectivity index (χ2v) is 6.55. The van der Waals surface area contributed by atoms with Gasteiger partial charge < -0.3 is 5.11 Å². The quantitative estimate of drug-likeness (QED) is 0.669. The summed E-state index contributed by atoms with van der Waals surface area (Å²) < 4.78 is 0. The lowest BCUT2D eigenvalue weighted by atomic mass is 9.53. The predicted octanol–water partition coefficient (Wildman–Crippen LogP) is 3.78. The highest BCUT2D eigenvalue weighted by Crippen LogP contribution is 2.55. The second-order valence-electron chi connectivity index (χ2n) is 6.55. The largest absolute Gasteiger partial charge is 0.393 e. The van der Waals surface area contributed by atoms with Crippen molar-refractivity contribution in [3.8, 4) is 0 Å². The highest BCUT2D eigenvalue weighted by molar-refractivity contribution is 5.05. The van der Waals surface area contributed by atoms with E-state index >= 15 is 0 Å². The number of hydrogen-bond donors (Lipinski definition) is 1. The van der Waals surface area contributed by atoms with Crippen LogP contribution in [0.15, 0.2) is 12.2 Å². The molecule has 16 heavy (non-hydrogen) atoms. The first-order valence-electron chi connectivity index (χ1n) is 6.77. The van der Waals surface area contributed by atoms with Crippen molar-refractivity contribution in [2.45, 2.75) is 59.0 Å². The molecule has 1 nitrogen and oxygen atoms in total. The van der Waals surface area contributed by atoms with Crippen molar-refractivity contribution >= 4 is 0 Å². The van der Waals surface area contributed by atoms with Crippen LogP contribution in [0, 0.1) is 23.2 Å². The van der Waals surface area contributed by atoms with E-state index in [9.17, 15) is 5.11 Å². The van der Waals surface area contributed by atoms with Gasteiger partial charge in [0, 0.05) is 0 Å². The molecule has 0 saturated heterocycles. The number of aliphatic hydroxyl groups excluding tert-OH is 1. The fourth-order valence-electron chi connectivity index (χ4n) is 4.04. The SMILES string of the molecule is C=C(C)[C@@H]1CC[C@H]2C[C@H](O)C[C@@H](C)[C@]2(C)C1. The molecular formula is C15H26O. The fraction of sp³-hybridized carbons (Fsp3) is 0.867. The van der Waals surface area contributed by atoms with Gasteiger partial charge in [0.1, 0.15) is 0 Å². The molecule has 1 heteroatoms. The Morgan fingerprint density at radius 2 is 2.00 bits per heavy atom. The summed E-state index contributed by atoms with van der Waals surface area (Å²) >= 11 is 0. The summed E-state index contributed by atoms with van der Waals surface area (Å²) in [5.41, 5.74) is 1.80. The molecule has 0 aromatic rings. The van der Waals surface area contributed by atoms with Crippen LogP contribution in [-0.4, -0.2) is 11.2 Å². The highest BCUT2D eigenvalue weighted by Gasteiger charge is 2.47. The monoisotopic (exact) mass is 222 g/mol. The lowest BCUT2D eigenvalue weighted by molar-refractivity contribution is -0.0598. The van der Waals surface area contributed by atoms with Gasteiger partial charge in [-0.15, -0.1) is 0 Å². The standard InChI is InChI=1S/C15H26O/c1-10(2)12-5-6-13-8-14(16)7-11(3)15(13,4)9-12/h11-14,16H,1,5-9H2,2-4H3/t11-,12-,13+,14-,15+/m1/s1. The molecule has 0 unspecified atom stereocenters. The molecule has 2 saturated carbocycles. The molecule has 1 N–H and O–H groups in total. The molecule has 0 bridgehead atoms. The summed E-state index contributed by atoms with van der Waals surface area (Å²) in [6.07, 6.45) is 5.85. The van der Waals surface area contributed by atoms with Crippen LogP contribution in [0.5, 0.6) is 0 Å². The first-order valence-corrected chi connectivity index (χ1v) is 6.77. The van der Waals surface area contributed by atoms with Crippen LogP contribution in [0.3, 0.4) is 0 Å². The van der Waals surface area contributed by atoms with E-state index in [1.165, 1.54) is 24.8 Å². The zero-order chi connectivity index (χ0) is 11.9. The zero-order valence-corrected chi connectivity index (χ0v) is 11.0. The van der Waals surface area contributed by atoms with Crippen LogP contribution >= 0.6 is 0 Å². The third-order valence-electron chi connectivity index (χ3n) is 5.49. The number of hydrogen-bond acceptors (Lipinski definition) is 1. The molecule has 2 aliphatic rings. The van der Waals surface area contributed by atoms with E-state index in [0.29, 0.717) is 11.3 Å². The minimum Gasteiger partial charge on any atom is -0.393 e. The Labute approximate surface area is 99.9 Å². The van der Waals surface area contributed by atoms with E-state index in [0.717, 1.165) is 24.7 Å². The molecular weight excluding hydrogens is 196 g/mol. The van der Waals surface area contributed by atoms with E-state index in [4.69, 9.17) is 0 Å². The van der Waals surface area contributed by atoms with Crippen molar-refractivity contribution in [1.29, 1.82) is 0 Å². The van der Waals surface area contributed by atoms with Crippen molar-refractivity contribution in [2.75, 3.05) is 0 Å². The molecule has 2 rings (SSSR count). The summed E-state index contributed by atoms with van der Waals surface area (Å²) in [6.45, 7) is 11.1. The van der Waals surface area contributed by atoms with Gasteiger partial charge >= 0.3 is 0 Å². The van der Waals surface area contributed by atoms with E-state index in [1.54, 1.807) is 0 Å². The highest BCUT2D eigenvalue weighted by atomic mass is 16.3. The number of aliphatic hydroxyl groups is 1. The smallest absolute Gasteiger partial charge is 0.0545 e. The second kappa shape index (κ2) is 4.18. The Morgan fingerprint density at radius 1 is 1.31 bits per heavy atom. The predicted molar refractivity (Wildman–Crippen MR) is 68.2 cm³/mol. The molecule has 0 spiro atoms. The molecule has 0 radical (unpaired) electrons. The van der Waals surface area contributed by atoms with Gasteiger partial charge in [-0.05, 0) is 62.2 Å². The van der Waals surface area contributed by atoms with Crippen LogP contribution in [0.4, 0.5) is 0 Å². The van der Waals surface area contributed by atoms with Crippen LogP contribution < -0.4 is 0 Å². The van der Waals surface area contributed by atoms with E-state index in [-0.39, 0.29) is 6.10 Å². The van der Waals surface area contributed by atoms with Gasteiger partial charge in [-0.2, -0.15) is 0 Å². The third kappa shape index (κ3) is 1.95. The maximum atomic E-state index is 9.89. The lowest BCUT2D eigenvalue weighted by Crippen LogP contribution is -2.46. The third-order valence-corrected chi connectivity index (χ3v) is 5.49. The maximum Gasteiger partial charge on any atom is 0.0545 e. The fourth-order valence-corrected chi connectivity index (χ4v) is 4.04. The van der Waals surface area contributed by atoms with E-state index in [2.05, 4.69) is 27.4 Å². The Hall–Kier alpha value is -0.300. The molecule has 5 atom stereocenters. The Kier molecular flexibility index (Phi) is 3.18. The van der Waals surface area contributed by atoms with Gasteiger partial charge in [-0.25, -0.2) is 0 Å². The first kappa shape index (κ1) is 12.2. The van der Waals surface area contributed by atoms with Gasteiger partial charge in [0.15, 0.2) is 0 Å². The molecule has 0 aromatic carbocycles. The summed E-state index contributed by atoms with van der Waals surface area (Å²) in [7, 11) is 0. The summed E-state index contributed by atoms with van der Waals surface area (Å²) in [4.78, 5) is 0. The minimum absolute atomic E-state index is 0.0468.